The fraction of sp³-hybridized carbons (Fsp3) is 0.269. The number of hydrogen-bond acceptors (Lipinski definition) is 7. The van der Waals surface area contributed by atoms with Gasteiger partial charge in [0.15, 0.2) is 12.8 Å². The van der Waals surface area contributed by atoms with E-state index in [1.165, 1.54) is 0 Å². The minimum atomic E-state index is -2.87. The van der Waals surface area contributed by atoms with Gasteiger partial charge in [0.2, 0.25) is 0 Å². The zero-order valence-corrected chi connectivity index (χ0v) is 23.4. The zero-order valence-electron chi connectivity index (χ0n) is 19.9. The summed E-state index contributed by atoms with van der Waals surface area (Å²) in [7, 11) is 1.64. The summed E-state index contributed by atoms with van der Waals surface area (Å²) in [6, 6.07) is 27.9. The normalized spacial score (nSPS) is 20.7. The van der Waals surface area contributed by atoms with Crippen LogP contribution in [0.3, 0.4) is 0 Å². The molecular formula is C26H29NO4P2S2. The van der Waals surface area contributed by atoms with E-state index in [2.05, 4.69) is 17.3 Å². The van der Waals surface area contributed by atoms with Crippen molar-refractivity contribution in [3.05, 3.63) is 96.1 Å². The number of methoxy groups -OCH3 is 1. The smallest absolute Gasteiger partial charge is 0.197 e. The van der Waals surface area contributed by atoms with Gasteiger partial charge in [0.25, 0.3) is 0 Å². The van der Waals surface area contributed by atoms with Gasteiger partial charge in [-0.3, -0.25) is 0 Å². The van der Waals surface area contributed by atoms with Gasteiger partial charge in [-0.05, 0) is 67.3 Å². The van der Waals surface area contributed by atoms with E-state index in [0.29, 0.717) is 13.2 Å². The molecule has 3 aromatic rings. The van der Waals surface area contributed by atoms with Gasteiger partial charge in [-0.1, -0.05) is 65.8 Å². The van der Waals surface area contributed by atoms with Crippen molar-refractivity contribution in [2.24, 2.45) is 5.16 Å². The van der Waals surface area contributed by atoms with Crippen LogP contribution in [0.15, 0.2) is 90.1 Å². The summed E-state index contributed by atoms with van der Waals surface area (Å²) in [5.74, 6) is 0.753. The van der Waals surface area contributed by atoms with Crippen molar-refractivity contribution in [3.8, 4) is 5.75 Å². The number of ether oxygens (including phenoxy) is 1. The fourth-order valence-corrected chi connectivity index (χ4v) is 12.9. The first-order valence-electron chi connectivity index (χ1n) is 11.5. The largest absolute Gasteiger partial charge is 0.497 e. The maximum absolute atomic E-state index is 6.42. The highest BCUT2D eigenvalue weighted by Gasteiger charge is 2.53. The highest BCUT2D eigenvalue weighted by Crippen LogP contribution is 2.72. The van der Waals surface area contributed by atoms with Gasteiger partial charge in [-0.2, -0.15) is 0 Å². The van der Waals surface area contributed by atoms with Crippen molar-refractivity contribution in [1.29, 1.82) is 0 Å². The summed E-state index contributed by atoms with van der Waals surface area (Å²) in [6.07, 6.45) is -2.77. The third kappa shape index (κ3) is 5.32. The molecule has 0 bridgehead atoms. The van der Waals surface area contributed by atoms with Crippen LogP contribution >= 0.6 is 12.8 Å². The molecule has 0 aliphatic carbocycles. The first-order valence-corrected chi connectivity index (χ1v) is 17.0. The first-order chi connectivity index (χ1) is 17.0. The number of nitrogens with zero attached hydrogens (tertiary/aromatic N) is 1. The molecule has 0 fully saturated rings. The van der Waals surface area contributed by atoms with E-state index >= 15 is 0 Å². The molecule has 4 rings (SSSR count). The molecule has 0 saturated heterocycles. The molecule has 184 valence electrons. The summed E-state index contributed by atoms with van der Waals surface area (Å²) < 4.78 is 24.2. The van der Waals surface area contributed by atoms with Crippen LogP contribution in [0.4, 0.5) is 0 Å². The molecule has 0 saturated carbocycles. The topological polar surface area (TPSA) is 49.3 Å². The predicted octanol–water partition coefficient (Wildman–Crippen LogP) is 6.64. The van der Waals surface area contributed by atoms with Crippen LogP contribution in [0, 0.1) is 0 Å². The Kier molecular flexibility index (Phi) is 8.59. The lowest BCUT2D eigenvalue weighted by molar-refractivity contribution is 0.260. The highest BCUT2D eigenvalue weighted by atomic mass is 32.5. The first kappa shape index (κ1) is 26.2. The average Bonchev–Trinajstić information content (AvgIpc) is 3.23. The summed E-state index contributed by atoms with van der Waals surface area (Å²) in [5.41, 5.74) is 2.08. The highest BCUT2D eigenvalue weighted by molar-refractivity contribution is 8.17. The standard InChI is InChI=1S/C26H29NO4P2S2/c1-4-29-33(35,30-5-2)25(21-14-10-7-11-15-21)26-24(20-12-8-6-9-13-20)27-31-32(26,34)23-18-16-22(28-3)17-19-23/h6-19,25-26H,4-5H2,1-3H3. The molecule has 35 heavy (non-hydrogen) atoms. The molecule has 0 spiro atoms. The zero-order chi connectivity index (χ0) is 24.9. The van der Waals surface area contributed by atoms with Gasteiger partial charge in [-0.15, -0.1) is 0 Å². The Morgan fingerprint density at radius 3 is 2.03 bits per heavy atom. The lowest BCUT2D eigenvalue weighted by Gasteiger charge is -2.37. The van der Waals surface area contributed by atoms with Gasteiger partial charge in [0, 0.05) is 10.9 Å². The van der Waals surface area contributed by atoms with Gasteiger partial charge in [0.05, 0.1) is 31.6 Å². The third-order valence-electron chi connectivity index (χ3n) is 5.81. The predicted molar refractivity (Wildman–Crippen MR) is 151 cm³/mol. The SMILES string of the molecule is CCOP(=S)(OCC)C(c1ccccc1)C1C(c2ccccc2)=NOP1(=S)c1ccc(OC)cc1. The molecule has 5 nitrogen and oxygen atoms in total. The second kappa shape index (κ2) is 11.5. The molecule has 0 radical (unpaired) electrons. The van der Waals surface area contributed by atoms with E-state index in [4.69, 9.17) is 42.0 Å². The van der Waals surface area contributed by atoms with Crippen molar-refractivity contribution in [2.75, 3.05) is 20.3 Å². The summed E-state index contributed by atoms with van der Waals surface area (Å²) in [6.45, 7) is 1.91. The molecule has 3 unspecified atom stereocenters. The Morgan fingerprint density at radius 1 is 0.914 bits per heavy atom. The third-order valence-corrected chi connectivity index (χ3v) is 14.0. The molecule has 1 aliphatic heterocycles. The van der Waals surface area contributed by atoms with Crippen LogP contribution in [0.2, 0.25) is 0 Å². The van der Waals surface area contributed by atoms with E-state index in [9.17, 15) is 0 Å². The molecule has 0 amide bonds. The minimum Gasteiger partial charge on any atom is -0.497 e. The Balaban J connectivity index is 1.96. The molecule has 0 N–H and O–H groups in total. The van der Waals surface area contributed by atoms with Gasteiger partial charge >= 0.3 is 0 Å². The van der Waals surface area contributed by atoms with E-state index in [0.717, 1.165) is 27.9 Å². The molecular weight excluding hydrogens is 516 g/mol. The van der Waals surface area contributed by atoms with Crippen molar-refractivity contribution in [1.82, 2.24) is 0 Å². The van der Waals surface area contributed by atoms with Crippen LogP contribution in [-0.4, -0.2) is 31.7 Å². The van der Waals surface area contributed by atoms with Gasteiger partial charge < -0.3 is 18.4 Å². The second-order valence-corrected chi connectivity index (χ2v) is 15.6. The molecule has 0 aromatic heterocycles. The Morgan fingerprint density at radius 2 is 1.49 bits per heavy atom. The molecule has 1 heterocycles. The Hall–Kier alpha value is -1.85. The maximum Gasteiger partial charge on any atom is 0.197 e. The van der Waals surface area contributed by atoms with Crippen molar-refractivity contribution >= 4 is 47.4 Å². The van der Waals surface area contributed by atoms with E-state index in [1.807, 2.05) is 86.6 Å². The van der Waals surface area contributed by atoms with Crippen molar-refractivity contribution in [3.63, 3.8) is 0 Å². The Bertz CT molecular complexity index is 1240. The summed E-state index contributed by atoms with van der Waals surface area (Å²) >= 11 is 12.7. The molecule has 9 heteroatoms. The maximum atomic E-state index is 6.42. The average molecular weight is 546 g/mol. The quantitative estimate of drug-likeness (QED) is 0.266. The van der Waals surface area contributed by atoms with Crippen molar-refractivity contribution in [2.45, 2.75) is 25.2 Å². The van der Waals surface area contributed by atoms with E-state index in [1.54, 1.807) is 7.11 Å². The van der Waals surface area contributed by atoms with E-state index in [-0.39, 0.29) is 11.3 Å². The second-order valence-electron chi connectivity index (χ2n) is 7.89. The van der Waals surface area contributed by atoms with E-state index < -0.39 is 12.8 Å². The number of oxime groups is 1. The van der Waals surface area contributed by atoms with Crippen molar-refractivity contribution < 1.29 is 18.4 Å². The molecule has 1 aliphatic rings. The van der Waals surface area contributed by atoms with Crippen LogP contribution in [0.1, 0.15) is 30.6 Å². The van der Waals surface area contributed by atoms with Crippen LogP contribution < -0.4 is 10.0 Å². The van der Waals surface area contributed by atoms with Gasteiger partial charge in [0.1, 0.15) is 11.5 Å². The molecule has 3 aromatic carbocycles. The lowest BCUT2D eigenvalue weighted by atomic mass is 10.0. The van der Waals surface area contributed by atoms with Crippen LogP contribution in [-0.2, 0) is 37.3 Å². The number of benzene rings is 3. The number of hydrogen-bond donors (Lipinski definition) is 0. The van der Waals surface area contributed by atoms with Crippen LogP contribution in [0.25, 0.3) is 0 Å². The van der Waals surface area contributed by atoms with Crippen LogP contribution in [0.5, 0.6) is 5.75 Å². The van der Waals surface area contributed by atoms with Gasteiger partial charge in [-0.25, -0.2) is 0 Å². The fourth-order valence-electron chi connectivity index (χ4n) is 4.28. The summed E-state index contributed by atoms with van der Waals surface area (Å²) in [5, 5.41) is 5.54. The lowest BCUT2D eigenvalue weighted by Crippen LogP contribution is -2.30. The summed E-state index contributed by atoms with van der Waals surface area (Å²) in [4.78, 5) is 0. The minimum absolute atomic E-state index is 0.334. The monoisotopic (exact) mass is 545 g/mol. The Labute approximate surface area is 217 Å². The molecule has 3 atom stereocenters. The number of rotatable bonds is 10.